The number of aromatic nitrogens is 1. The number of hydrogen-bond acceptors (Lipinski definition) is 8. The zero-order valence-corrected chi connectivity index (χ0v) is 24.9. The fourth-order valence-electron chi connectivity index (χ4n) is 5.48. The molecule has 0 saturated carbocycles. The van der Waals surface area contributed by atoms with Gasteiger partial charge in [0.1, 0.15) is 11.4 Å². The smallest absolute Gasteiger partial charge is 0.294 e. The summed E-state index contributed by atoms with van der Waals surface area (Å²) in [6, 6.07) is 7.70. The predicted molar refractivity (Wildman–Crippen MR) is 159 cm³/mol. The van der Waals surface area contributed by atoms with Crippen LogP contribution in [0.2, 0.25) is 0 Å². The van der Waals surface area contributed by atoms with Gasteiger partial charge in [-0.2, -0.15) is 5.10 Å². The van der Waals surface area contributed by atoms with Crippen LogP contribution in [0.5, 0.6) is 5.75 Å². The minimum absolute atomic E-state index is 0.0667. The number of allylic oxidation sites excluding steroid dienone is 2. The number of amides is 2. The molecular weight excluding hydrogens is 534 g/mol. The van der Waals surface area contributed by atoms with Gasteiger partial charge in [-0.15, -0.1) is 0 Å². The van der Waals surface area contributed by atoms with E-state index >= 15 is 0 Å². The van der Waals surface area contributed by atoms with Gasteiger partial charge >= 0.3 is 0 Å². The van der Waals surface area contributed by atoms with Crippen LogP contribution in [-0.4, -0.2) is 75.2 Å². The number of piperazine rings is 1. The van der Waals surface area contributed by atoms with Gasteiger partial charge in [-0.05, 0) is 61.6 Å². The lowest BCUT2D eigenvalue weighted by atomic mass is 10.0. The summed E-state index contributed by atoms with van der Waals surface area (Å²) in [5, 5.41) is 16.6. The highest BCUT2D eigenvalue weighted by atomic mass is 16.5. The molecule has 1 N–H and O–H groups in total. The number of carbonyl (C=O) groups is 2. The van der Waals surface area contributed by atoms with Gasteiger partial charge in [0.15, 0.2) is 5.69 Å². The van der Waals surface area contributed by atoms with Gasteiger partial charge in [0.25, 0.3) is 11.8 Å². The zero-order valence-electron chi connectivity index (χ0n) is 24.9. The Morgan fingerprint density at radius 1 is 1.00 bits per heavy atom. The predicted octanol–water partition coefficient (Wildman–Crippen LogP) is 4.12. The lowest BCUT2D eigenvalue weighted by Gasteiger charge is -2.38. The first-order chi connectivity index (χ1) is 20.2. The number of hydrazone groups is 1. The van der Waals surface area contributed by atoms with Crippen LogP contribution in [0.4, 0.5) is 0 Å². The van der Waals surface area contributed by atoms with Crippen LogP contribution in [0.25, 0.3) is 0 Å². The normalized spacial score (nSPS) is 17.4. The molecule has 2 amide bonds. The Labute approximate surface area is 246 Å². The molecule has 1 aromatic carbocycles. The molecule has 0 atom stereocenters. The standard InChI is InChI=1S/C32H39N5O5/c1-6-21(4)30(32(40)37(20(2)3)34-22(5)23-7-8-24-17-42-18-25(24)15-23)35-10-12-36(13-11-35)31(39)29-28(38)16-26-19-41-14-9-27(26)33-29/h7-8,15-16,38H,2,6,9-14,17-19H2,1,3-5H3/b30-21-,34-22+. The van der Waals surface area contributed by atoms with Crippen molar-refractivity contribution >= 4 is 17.5 Å². The topological polar surface area (TPSA) is 108 Å². The number of fused-ring (bicyclic) bond motifs is 2. The summed E-state index contributed by atoms with van der Waals surface area (Å²) in [4.78, 5) is 35.6. The summed E-state index contributed by atoms with van der Waals surface area (Å²) in [7, 11) is 0. The number of aromatic hydroxyl groups is 1. The highest BCUT2D eigenvalue weighted by molar-refractivity contribution is 6.01. The lowest BCUT2D eigenvalue weighted by Crippen LogP contribution is -2.50. The third-order valence-electron chi connectivity index (χ3n) is 8.08. The van der Waals surface area contributed by atoms with Gasteiger partial charge in [0, 0.05) is 49.6 Å². The largest absolute Gasteiger partial charge is 0.505 e. The van der Waals surface area contributed by atoms with Crippen LogP contribution in [-0.2, 0) is 40.5 Å². The van der Waals surface area contributed by atoms with Gasteiger partial charge in [-0.3, -0.25) is 9.59 Å². The summed E-state index contributed by atoms with van der Waals surface area (Å²) in [6.07, 6.45) is 1.30. The molecule has 222 valence electrons. The molecule has 2 aromatic rings. The minimum atomic E-state index is -0.311. The van der Waals surface area contributed by atoms with Gasteiger partial charge in [0.2, 0.25) is 0 Å². The molecule has 42 heavy (non-hydrogen) atoms. The van der Waals surface area contributed by atoms with Crippen molar-refractivity contribution in [1.82, 2.24) is 19.8 Å². The van der Waals surface area contributed by atoms with E-state index in [1.165, 1.54) is 10.6 Å². The average Bonchev–Trinajstić information content (AvgIpc) is 3.47. The van der Waals surface area contributed by atoms with E-state index in [1.807, 2.05) is 37.8 Å². The van der Waals surface area contributed by atoms with E-state index in [1.54, 1.807) is 17.9 Å². The highest BCUT2D eigenvalue weighted by Crippen LogP contribution is 2.27. The van der Waals surface area contributed by atoms with Crippen molar-refractivity contribution in [3.05, 3.63) is 81.5 Å². The first-order valence-corrected chi connectivity index (χ1v) is 14.5. The van der Waals surface area contributed by atoms with Crippen LogP contribution < -0.4 is 0 Å². The quantitative estimate of drug-likeness (QED) is 0.302. The second-order valence-electron chi connectivity index (χ2n) is 11.0. The summed E-state index contributed by atoms with van der Waals surface area (Å²) in [5.41, 5.74) is 7.63. The van der Waals surface area contributed by atoms with Crippen LogP contribution >= 0.6 is 0 Å². The maximum Gasteiger partial charge on any atom is 0.294 e. The molecule has 0 radical (unpaired) electrons. The number of ether oxygens (including phenoxy) is 2. The SMILES string of the molecule is C=C(C)N(/N=C(\C)c1ccc2c(c1)COC2)C(=O)/C(=C(\C)CC)N1CCN(C(=O)c2nc3c(cc2O)COCC3)CC1. The summed E-state index contributed by atoms with van der Waals surface area (Å²) >= 11 is 0. The Hall–Kier alpha value is -4.02. The van der Waals surface area contributed by atoms with Crippen LogP contribution in [0.3, 0.4) is 0 Å². The maximum atomic E-state index is 14.1. The Morgan fingerprint density at radius 3 is 2.40 bits per heavy atom. The van der Waals surface area contributed by atoms with Crippen molar-refractivity contribution in [2.24, 2.45) is 5.10 Å². The number of hydrogen-bond donors (Lipinski definition) is 1. The molecule has 0 bridgehead atoms. The van der Waals surface area contributed by atoms with Crippen LogP contribution in [0, 0.1) is 0 Å². The molecule has 10 nitrogen and oxygen atoms in total. The molecule has 4 heterocycles. The van der Waals surface area contributed by atoms with E-state index in [4.69, 9.17) is 14.6 Å². The van der Waals surface area contributed by atoms with E-state index in [2.05, 4.69) is 17.6 Å². The Kier molecular flexibility index (Phi) is 8.74. The van der Waals surface area contributed by atoms with Crippen molar-refractivity contribution in [2.75, 3.05) is 32.8 Å². The summed E-state index contributed by atoms with van der Waals surface area (Å²) in [6.45, 7) is 15.5. The van der Waals surface area contributed by atoms with Crippen molar-refractivity contribution in [3.63, 3.8) is 0 Å². The highest BCUT2D eigenvalue weighted by Gasteiger charge is 2.32. The first kappa shape index (κ1) is 29.5. The first-order valence-electron chi connectivity index (χ1n) is 14.5. The Bertz CT molecular complexity index is 1470. The second-order valence-corrected chi connectivity index (χ2v) is 11.0. The van der Waals surface area contributed by atoms with E-state index in [0.717, 1.165) is 28.0 Å². The molecule has 3 aliphatic heterocycles. The van der Waals surface area contributed by atoms with E-state index in [9.17, 15) is 14.7 Å². The van der Waals surface area contributed by atoms with E-state index in [-0.39, 0.29) is 23.3 Å². The minimum Gasteiger partial charge on any atom is -0.505 e. The average molecular weight is 574 g/mol. The van der Waals surface area contributed by atoms with Crippen molar-refractivity contribution in [1.29, 1.82) is 0 Å². The molecule has 1 saturated heterocycles. The summed E-state index contributed by atoms with van der Waals surface area (Å²) in [5.74, 6) is -0.693. The fourth-order valence-corrected chi connectivity index (χ4v) is 5.48. The van der Waals surface area contributed by atoms with E-state index < -0.39 is 0 Å². The van der Waals surface area contributed by atoms with Crippen LogP contribution in [0.1, 0.15) is 72.6 Å². The molecule has 0 spiro atoms. The van der Waals surface area contributed by atoms with Gasteiger partial charge in [-0.1, -0.05) is 25.6 Å². The molecule has 3 aliphatic rings. The third-order valence-corrected chi connectivity index (χ3v) is 8.08. The number of benzene rings is 1. The molecule has 5 rings (SSSR count). The molecule has 10 heteroatoms. The third kappa shape index (κ3) is 5.96. The monoisotopic (exact) mass is 573 g/mol. The van der Waals surface area contributed by atoms with Gasteiger partial charge in [0.05, 0.1) is 32.1 Å². The van der Waals surface area contributed by atoms with Gasteiger partial charge in [-0.25, -0.2) is 9.99 Å². The van der Waals surface area contributed by atoms with Crippen LogP contribution in [0.15, 0.2) is 52.9 Å². The van der Waals surface area contributed by atoms with E-state index in [0.29, 0.717) is 82.6 Å². The molecular formula is C32H39N5O5. The van der Waals surface area contributed by atoms with Crippen molar-refractivity contribution in [3.8, 4) is 5.75 Å². The Balaban J connectivity index is 1.33. The number of pyridine rings is 1. The number of carbonyl (C=O) groups excluding carboxylic acids is 2. The molecule has 1 fully saturated rings. The number of rotatable bonds is 7. The molecule has 1 aromatic heterocycles. The molecule has 0 unspecified atom stereocenters. The molecule has 0 aliphatic carbocycles. The lowest BCUT2D eigenvalue weighted by molar-refractivity contribution is -0.127. The second kappa shape index (κ2) is 12.5. The number of nitrogens with zero attached hydrogens (tertiary/aromatic N) is 5. The van der Waals surface area contributed by atoms with Crippen molar-refractivity contribution < 1.29 is 24.2 Å². The zero-order chi connectivity index (χ0) is 30.0. The fraction of sp³-hybridized carbons (Fsp3) is 0.438. The van der Waals surface area contributed by atoms with Gasteiger partial charge < -0.3 is 24.4 Å². The Morgan fingerprint density at radius 2 is 1.69 bits per heavy atom. The van der Waals surface area contributed by atoms with Crippen molar-refractivity contribution in [2.45, 2.75) is 60.4 Å². The summed E-state index contributed by atoms with van der Waals surface area (Å²) < 4.78 is 11.0. The maximum absolute atomic E-state index is 14.1.